The fourth-order valence-corrected chi connectivity index (χ4v) is 2.10. The van der Waals surface area contributed by atoms with E-state index in [-0.39, 0.29) is 11.9 Å². The summed E-state index contributed by atoms with van der Waals surface area (Å²) in [5.74, 6) is -0.154. The minimum absolute atomic E-state index is 0.0326. The number of benzene rings is 1. The monoisotopic (exact) mass is 247 g/mol. The molecule has 0 saturated carbocycles. The number of hydrogen-bond acceptors (Lipinski definition) is 2. The highest BCUT2D eigenvalue weighted by atomic mass is 19.1. The lowest BCUT2D eigenvalue weighted by Crippen LogP contribution is -2.20. The topological polar surface area (TPSA) is 29.9 Å². The summed E-state index contributed by atoms with van der Waals surface area (Å²) in [7, 11) is 3.73. The molecule has 1 heterocycles. The van der Waals surface area contributed by atoms with Crippen molar-refractivity contribution < 1.29 is 4.39 Å². The highest BCUT2D eigenvalue weighted by molar-refractivity contribution is 5.27. The molecule has 18 heavy (non-hydrogen) atoms. The molecular weight excluding hydrogens is 229 g/mol. The van der Waals surface area contributed by atoms with Crippen LogP contribution < -0.4 is 5.32 Å². The van der Waals surface area contributed by atoms with Gasteiger partial charge in [-0.05, 0) is 37.6 Å². The molecule has 0 radical (unpaired) electrons. The van der Waals surface area contributed by atoms with Gasteiger partial charge in [-0.1, -0.05) is 12.1 Å². The second kappa shape index (κ2) is 5.31. The van der Waals surface area contributed by atoms with E-state index in [9.17, 15) is 4.39 Å². The summed E-state index contributed by atoms with van der Waals surface area (Å²) in [6, 6.07) is 5.33. The number of hydrogen-bond donors (Lipinski definition) is 1. The van der Waals surface area contributed by atoms with Crippen molar-refractivity contribution in [2.45, 2.75) is 19.4 Å². The third-order valence-electron chi connectivity index (χ3n) is 3.08. The lowest BCUT2D eigenvalue weighted by Gasteiger charge is -2.16. The lowest BCUT2D eigenvalue weighted by molar-refractivity contribution is 0.533. The van der Waals surface area contributed by atoms with Crippen LogP contribution in [0.15, 0.2) is 30.6 Å². The quantitative estimate of drug-likeness (QED) is 0.899. The van der Waals surface area contributed by atoms with Crippen LogP contribution in [0.25, 0.3) is 0 Å². The largest absolute Gasteiger partial charge is 0.313 e. The molecule has 4 heteroatoms. The van der Waals surface area contributed by atoms with Crippen LogP contribution in [0.2, 0.25) is 0 Å². The maximum Gasteiger partial charge on any atom is 0.128 e. The van der Waals surface area contributed by atoms with Gasteiger partial charge in [0.2, 0.25) is 0 Å². The Morgan fingerprint density at radius 2 is 2.22 bits per heavy atom. The predicted octanol–water partition coefficient (Wildman–Crippen LogP) is 2.37. The summed E-state index contributed by atoms with van der Waals surface area (Å²) in [5.41, 5.74) is 2.73. The van der Waals surface area contributed by atoms with Gasteiger partial charge in [0.05, 0.1) is 6.20 Å². The van der Waals surface area contributed by atoms with Crippen LogP contribution in [0.4, 0.5) is 4.39 Å². The standard InChI is InChI=1S/C14H18FN3/c1-10-4-5-12(13(15)6-10)14(16-2)7-11-8-17-18(3)9-11/h4-6,8-9,14,16H,7H2,1-3H3. The zero-order chi connectivity index (χ0) is 13.1. The van der Waals surface area contributed by atoms with E-state index in [1.54, 1.807) is 10.7 Å². The van der Waals surface area contributed by atoms with Crippen LogP contribution in [-0.2, 0) is 13.5 Å². The number of nitrogens with zero attached hydrogens (tertiary/aromatic N) is 2. The second-order valence-corrected chi connectivity index (χ2v) is 4.59. The van der Waals surface area contributed by atoms with Crippen molar-refractivity contribution in [2.75, 3.05) is 7.05 Å². The van der Waals surface area contributed by atoms with E-state index in [2.05, 4.69) is 10.4 Å². The molecular formula is C14H18FN3. The molecule has 0 aliphatic heterocycles. The highest BCUT2D eigenvalue weighted by Gasteiger charge is 2.15. The molecule has 0 amide bonds. The Balaban J connectivity index is 2.22. The van der Waals surface area contributed by atoms with Crippen LogP contribution in [0.3, 0.4) is 0 Å². The molecule has 1 unspecified atom stereocenters. The summed E-state index contributed by atoms with van der Waals surface area (Å²) >= 11 is 0. The molecule has 96 valence electrons. The van der Waals surface area contributed by atoms with Crippen molar-refractivity contribution in [2.24, 2.45) is 7.05 Å². The molecule has 0 fully saturated rings. The van der Waals surface area contributed by atoms with Crippen molar-refractivity contribution in [1.29, 1.82) is 0 Å². The highest BCUT2D eigenvalue weighted by Crippen LogP contribution is 2.21. The summed E-state index contributed by atoms with van der Waals surface area (Å²) < 4.78 is 15.7. The van der Waals surface area contributed by atoms with Crippen molar-refractivity contribution >= 4 is 0 Å². The van der Waals surface area contributed by atoms with Gasteiger partial charge >= 0.3 is 0 Å². The number of aromatic nitrogens is 2. The number of halogens is 1. The Kier molecular flexibility index (Phi) is 3.77. The molecule has 2 aromatic rings. The molecule has 1 atom stereocenters. The molecule has 1 aromatic heterocycles. The van der Waals surface area contributed by atoms with E-state index in [0.29, 0.717) is 5.56 Å². The van der Waals surface area contributed by atoms with E-state index in [1.165, 1.54) is 0 Å². The number of likely N-dealkylation sites (N-methyl/N-ethyl adjacent to an activating group) is 1. The Morgan fingerprint density at radius 3 is 2.78 bits per heavy atom. The maximum absolute atomic E-state index is 13.9. The van der Waals surface area contributed by atoms with Gasteiger partial charge < -0.3 is 5.32 Å². The average molecular weight is 247 g/mol. The van der Waals surface area contributed by atoms with Gasteiger partial charge in [-0.25, -0.2) is 4.39 Å². The Labute approximate surface area is 107 Å². The Bertz CT molecular complexity index is 534. The van der Waals surface area contributed by atoms with E-state index in [1.807, 2.05) is 45.5 Å². The van der Waals surface area contributed by atoms with Crippen LogP contribution in [0, 0.1) is 12.7 Å². The van der Waals surface area contributed by atoms with Crippen LogP contribution >= 0.6 is 0 Å². The second-order valence-electron chi connectivity index (χ2n) is 4.59. The molecule has 0 bridgehead atoms. The van der Waals surface area contributed by atoms with Crippen LogP contribution in [0.1, 0.15) is 22.7 Å². The zero-order valence-electron chi connectivity index (χ0n) is 10.9. The average Bonchev–Trinajstić information content (AvgIpc) is 2.72. The summed E-state index contributed by atoms with van der Waals surface area (Å²) in [6.45, 7) is 1.89. The lowest BCUT2D eigenvalue weighted by atomic mass is 9.99. The first-order valence-corrected chi connectivity index (χ1v) is 6.01. The third-order valence-corrected chi connectivity index (χ3v) is 3.08. The van der Waals surface area contributed by atoms with Gasteiger partial charge in [0.15, 0.2) is 0 Å². The first-order chi connectivity index (χ1) is 8.60. The van der Waals surface area contributed by atoms with E-state index in [0.717, 1.165) is 17.5 Å². The predicted molar refractivity (Wildman–Crippen MR) is 69.8 cm³/mol. The van der Waals surface area contributed by atoms with Crippen molar-refractivity contribution in [3.05, 3.63) is 53.1 Å². The van der Waals surface area contributed by atoms with Gasteiger partial charge in [-0.3, -0.25) is 4.68 Å². The number of aryl methyl sites for hydroxylation is 2. The normalized spacial score (nSPS) is 12.7. The Morgan fingerprint density at radius 1 is 1.44 bits per heavy atom. The Hall–Kier alpha value is -1.68. The fourth-order valence-electron chi connectivity index (χ4n) is 2.10. The third kappa shape index (κ3) is 2.76. The van der Waals surface area contributed by atoms with E-state index < -0.39 is 0 Å². The van der Waals surface area contributed by atoms with Crippen molar-refractivity contribution in [3.8, 4) is 0 Å². The molecule has 0 aliphatic rings. The SMILES string of the molecule is CNC(Cc1cnn(C)c1)c1ccc(C)cc1F. The van der Waals surface area contributed by atoms with Crippen LogP contribution in [0.5, 0.6) is 0 Å². The fraction of sp³-hybridized carbons (Fsp3) is 0.357. The maximum atomic E-state index is 13.9. The summed E-state index contributed by atoms with van der Waals surface area (Å²) in [6.07, 6.45) is 4.50. The summed E-state index contributed by atoms with van der Waals surface area (Å²) in [5, 5.41) is 7.29. The zero-order valence-corrected chi connectivity index (χ0v) is 10.9. The molecule has 0 saturated heterocycles. The number of rotatable bonds is 4. The van der Waals surface area contributed by atoms with Gasteiger partial charge in [0.1, 0.15) is 5.82 Å². The molecule has 1 N–H and O–H groups in total. The van der Waals surface area contributed by atoms with Gasteiger partial charge in [0.25, 0.3) is 0 Å². The van der Waals surface area contributed by atoms with Crippen molar-refractivity contribution in [1.82, 2.24) is 15.1 Å². The van der Waals surface area contributed by atoms with Crippen molar-refractivity contribution in [3.63, 3.8) is 0 Å². The molecule has 3 nitrogen and oxygen atoms in total. The molecule has 1 aromatic carbocycles. The smallest absolute Gasteiger partial charge is 0.128 e. The molecule has 2 rings (SSSR count). The minimum Gasteiger partial charge on any atom is -0.313 e. The molecule has 0 aliphatic carbocycles. The molecule has 0 spiro atoms. The van der Waals surface area contributed by atoms with Gasteiger partial charge in [-0.2, -0.15) is 5.10 Å². The first kappa shape index (κ1) is 12.8. The number of nitrogens with one attached hydrogen (secondary N) is 1. The first-order valence-electron chi connectivity index (χ1n) is 6.01. The minimum atomic E-state index is -0.154. The van der Waals surface area contributed by atoms with Gasteiger partial charge in [0, 0.05) is 24.8 Å². The van der Waals surface area contributed by atoms with E-state index >= 15 is 0 Å². The van der Waals surface area contributed by atoms with Gasteiger partial charge in [-0.15, -0.1) is 0 Å². The van der Waals surface area contributed by atoms with E-state index in [4.69, 9.17) is 0 Å². The summed E-state index contributed by atoms with van der Waals surface area (Å²) in [4.78, 5) is 0. The van der Waals surface area contributed by atoms with Crippen LogP contribution in [-0.4, -0.2) is 16.8 Å².